The Morgan fingerprint density at radius 2 is 2.15 bits per heavy atom. The summed E-state index contributed by atoms with van der Waals surface area (Å²) >= 11 is 0. The van der Waals surface area contributed by atoms with E-state index in [1.54, 1.807) is 0 Å². The first-order valence-corrected chi connectivity index (χ1v) is 6.72. The van der Waals surface area contributed by atoms with Crippen molar-refractivity contribution in [1.29, 1.82) is 0 Å². The van der Waals surface area contributed by atoms with Crippen LogP contribution in [0.25, 0.3) is 0 Å². The van der Waals surface area contributed by atoms with Crippen molar-refractivity contribution in [3.05, 3.63) is 11.6 Å². The van der Waals surface area contributed by atoms with Gasteiger partial charge < -0.3 is 15.2 Å². The number of aliphatic carboxylic acids is 1. The lowest BCUT2D eigenvalue weighted by atomic mass is 10.2. The summed E-state index contributed by atoms with van der Waals surface area (Å²) in [4.78, 5) is 26.7. The van der Waals surface area contributed by atoms with Crippen molar-refractivity contribution >= 4 is 11.9 Å². The van der Waals surface area contributed by atoms with Gasteiger partial charge in [0.25, 0.3) is 5.91 Å². The monoisotopic (exact) mass is 280 g/mol. The number of carboxylic acids is 1. The lowest BCUT2D eigenvalue weighted by Gasteiger charge is -2.11. The quantitative estimate of drug-likeness (QED) is 0.701. The second kappa shape index (κ2) is 5.20. The van der Waals surface area contributed by atoms with E-state index in [9.17, 15) is 9.59 Å². The summed E-state index contributed by atoms with van der Waals surface area (Å²) in [5.74, 6) is -0.0196. The zero-order valence-corrected chi connectivity index (χ0v) is 10.8. The Balaban J connectivity index is 1.48. The van der Waals surface area contributed by atoms with E-state index >= 15 is 0 Å². The van der Waals surface area contributed by atoms with Gasteiger partial charge in [0.2, 0.25) is 5.82 Å². The van der Waals surface area contributed by atoms with Crippen molar-refractivity contribution in [2.45, 2.75) is 43.8 Å². The molecule has 1 aliphatic carbocycles. The Hall–Kier alpha value is -1.96. The van der Waals surface area contributed by atoms with Gasteiger partial charge in [-0.1, -0.05) is 0 Å². The maximum atomic E-state index is 11.8. The van der Waals surface area contributed by atoms with Crippen molar-refractivity contribution in [2.24, 2.45) is 0 Å². The van der Waals surface area contributed by atoms with Crippen LogP contribution < -0.4 is 5.32 Å². The number of H-pyrrole nitrogens is 1. The molecule has 3 rings (SSSR count). The van der Waals surface area contributed by atoms with Crippen LogP contribution in [0.15, 0.2) is 0 Å². The van der Waals surface area contributed by atoms with Gasteiger partial charge >= 0.3 is 5.97 Å². The zero-order chi connectivity index (χ0) is 14.1. The van der Waals surface area contributed by atoms with Gasteiger partial charge in [-0.2, -0.15) is 0 Å². The smallest absolute Gasteiger partial charge is 0.332 e. The summed E-state index contributed by atoms with van der Waals surface area (Å²) < 4.78 is 5.30. The van der Waals surface area contributed by atoms with Gasteiger partial charge in [-0.3, -0.25) is 9.89 Å². The number of ether oxygens (including phenoxy) is 1. The van der Waals surface area contributed by atoms with Crippen LogP contribution in [0.3, 0.4) is 0 Å². The average Bonchev–Trinajstić information content (AvgIpc) is 2.98. The standard InChI is InChI=1S/C12H16N4O4/c17-11(10-14-9(15-16-10)6-1-2-6)13-5-7-3-4-8(20-7)12(18)19/h6-8H,1-5H2,(H,13,17)(H,18,19)(H,14,15,16). The molecule has 2 heterocycles. The predicted octanol–water partition coefficient (Wildman–Crippen LogP) is 0.0441. The molecule has 8 heteroatoms. The van der Waals surface area contributed by atoms with Crippen LogP contribution in [-0.4, -0.2) is 50.9 Å². The first-order chi connectivity index (χ1) is 9.63. The number of carboxylic acid groups (broad SMARTS) is 1. The molecule has 108 valence electrons. The number of aromatic nitrogens is 3. The molecular formula is C12H16N4O4. The third-order valence-electron chi connectivity index (χ3n) is 3.54. The highest BCUT2D eigenvalue weighted by Gasteiger charge is 2.31. The zero-order valence-electron chi connectivity index (χ0n) is 10.8. The Labute approximate surface area is 114 Å². The Morgan fingerprint density at radius 3 is 2.80 bits per heavy atom. The second-order valence-corrected chi connectivity index (χ2v) is 5.19. The molecule has 1 saturated heterocycles. The minimum Gasteiger partial charge on any atom is -0.479 e. The molecule has 2 unspecified atom stereocenters. The molecule has 0 aromatic carbocycles. The van der Waals surface area contributed by atoms with E-state index in [1.807, 2.05) is 0 Å². The van der Waals surface area contributed by atoms with Crippen molar-refractivity contribution in [3.8, 4) is 0 Å². The Bertz CT molecular complexity index is 525. The van der Waals surface area contributed by atoms with Crippen LogP contribution in [0.2, 0.25) is 0 Å². The van der Waals surface area contributed by atoms with Crippen LogP contribution in [0.4, 0.5) is 0 Å². The number of nitrogens with zero attached hydrogens (tertiary/aromatic N) is 2. The van der Waals surface area contributed by atoms with Gasteiger partial charge in [-0.15, -0.1) is 5.10 Å². The molecular weight excluding hydrogens is 264 g/mol. The Kier molecular flexibility index (Phi) is 3.39. The number of aromatic amines is 1. The minimum atomic E-state index is -0.957. The third-order valence-corrected chi connectivity index (χ3v) is 3.54. The van der Waals surface area contributed by atoms with Crippen molar-refractivity contribution in [1.82, 2.24) is 20.5 Å². The van der Waals surface area contributed by atoms with Crippen molar-refractivity contribution in [2.75, 3.05) is 6.54 Å². The molecule has 2 atom stereocenters. The summed E-state index contributed by atoms with van der Waals surface area (Å²) in [7, 11) is 0. The molecule has 1 aromatic rings. The van der Waals surface area contributed by atoms with E-state index in [0.717, 1.165) is 18.7 Å². The van der Waals surface area contributed by atoms with Gasteiger partial charge in [0.15, 0.2) is 6.10 Å². The lowest BCUT2D eigenvalue weighted by Crippen LogP contribution is -2.33. The summed E-state index contributed by atoms with van der Waals surface area (Å²) in [6.45, 7) is 0.274. The molecule has 0 spiro atoms. The fraction of sp³-hybridized carbons (Fsp3) is 0.667. The van der Waals surface area contributed by atoms with Gasteiger partial charge in [0.1, 0.15) is 5.82 Å². The normalized spacial score (nSPS) is 25.6. The molecule has 1 aliphatic heterocycles. The third kappa shape index (κ3) is 2.79. The van der Waals surface area contributed by atoms with Gasteiger partial charge in [-0.05, 0) is 25.7 Å². The van der Waals surface area contributed by atoms with Crippen LogP contribution in [0.5, 0.6) is 0 Å². The summed E-state index contributed by atoms with van der Waals surface area (Å²) in [5, 5.41) is 18.1. The van der Waals surface area contributed by atoms with Crippen molar-refractivity contribution in [3.63, 3.8) is 0 Å². The summed E-state index contributed by atoms with van der Waals surface area (Å²) in [6.07, 6.45) is 2.25. The highest BCUT2D eigenvalue weighted by atomic mass is 16.5. The lowest BCUT2D eigenvalue weighted by molar-refractivity contribution is -0.149. The van der Waals surface area contributed by atoms with Crippen LogP contribution in [0, 0.1) is 0 Å². The average molecular weight is 280 g/mol. The van der Waals surface area contributed by atoms with Crippen molar-refractivity contribution < 1.29 is 19.4 Å². The predicted molar refractivity (Wildman–Crippen MR) is 66.2 cm³/mol. The number of hydrogen-bond acceptors (Lipinski definition) is 5. The van der Waals surface area contributed by atoms with Gasteiger partial charge in [0.05, 0.1) is 6.10 Å². The maximum absolute atomic E-state index is 11.8. The van der Waals surface area contributed by atoms with Crippen LogP contribution in [-0.2, 0) is 9.53 Å². The second-order valence-electron chi connectivity index (χ2n) is 5.19. The van der Waals surface area contributed by atoms with E-state index in [1.165, 1.54) is 0 Å². The number of carbonyl (C=O) groups is 2. The number of carbonyl (C=O) groups excluding carboxylic acids is 1. The number of hydrogen-bond donors (Lipinski definition) is 3. The molecule has 20 heavy (non-hydrogen) atoms. The highest BCUT2D eigenvalue weighted by molar-refractivity contribution is 5.90. The fourth-order valence-electron chi connectivity index (χ4n) is 2.24. The minimum absolute atomic E-state index is 0.125. The number of rotatable bonds is 5. The molecule has 1 aromatic heterocycles. The molecule has 2 fully saturated rings. The number of nitrogens with one attached hydrogen (secondary N) is 2. The topological polar surface area (TPSA) is 117 Å². The van der Waals surface area contributed by atoms with E-state index < -0.39 is 12.1 Å². The van der Waals surface area contributed by atoms with Crippen LogP contribution >= 0.6 is 0 Å². The number of amides is 1. The summed E-state index contributed by atoms with van der Waals surface area (Å²) in [6, 6.07) is 0. The van der Waals surface area contributed by atoms with E-state index in [4.69, 9.17) is 9.84 Å². The fourth-order valence-corrected chi connectivity index (χ4v) is 2.24. The van der Waals surface area contributed by atoms with Gasteiger partial charge in [-0.25, -0.2) is 9.78 Å². The van der Waals surface area contributed by atoms with E-state index in [0.29, 0.717) is 18.8 Å². The molecule has 1 amide bonds. The molecule has 8 nitrogen and oxygen atoms in total. The van der Waals surface area contributed by atoms with E-state index in [-0.39, 0.29) is 24.4 Å². The van der Waals surface area contributed by atoms with E-state index in [2.05, 4.69) is 20.5 Å². The summed E-state index contributed by atoms with van der Waals surface area (Å²) in [5.41, 5.74) is 0. The largest absolute Gasteiger partial charge is 0.479 e. The maximum Gasteiger partial charge on any atom is 0.332 e. The SMILES string of the molecule is O=C(NCC1CCC(C(=O)O)O1)c1n[nH]c(C2CC2)n1. The first-order valence-electron chi connectivity index (χ1n) is 6.72. The molecule has 2 aliphatic rings. The molecule has 3 N–H and O–H groups in total. The molecule has 0 radical (unpaired) electrons. The molecule has 0 bridgehead atoms. The molecule has 1 saturated carbocycles. The van der Waals surface area contributed by atoms with Gasteiger partial charge in [0, 0.05) is 12.5 Å². The first kappa shape index (κ1) is 13.0. The Morgan fingerprint density at radius 1 is 1.35 bits per heavy atom. The van der Waals surface area contributed by atoms with Crippen LogP contribution in [0.1, 0.15) is 48.0 Å². The highest BCUT2D eigenvalue weighted by Crippen LogP contribution is 2.37.